The van der Waals surface area contributed by atoms with Crippen molar-refractivity contribution in [3.63, 3.8) is 0 Å². The average molecular weight is 487 g/mol. The van der Waals surface area contributed by atoms with E-state index in [2.05, 4.69) is 5.10 Å². The number of likely N-dealkylation sites (tertiary alicyclic amines) is 1. The lowest BCUT2D eigenvalue weighted by Crippen LogP contribution is -2.48. The number of halogens is 2. The molecule has 1 aliphatic heterocycles. The van der Waals surface area contributed by atoms with Crippen LogP contribution in [0.1, 0.15) is 36.7 Å². The summed E-state index contributed by atoms with van der Waals surface area (Å²) >= 11 is 12.3. The summed E-state index contributed by atoms with van der Waals surface area (Å²) in [4.78, 5) is 14.8. The van der Waals surface area contributed by atoms with Gasteiger partial charge in [0.05, 0.1) is 29.1 Å². The molecule has 1 aromatic carbocycles. The highest BCUT2D eigenvalue weighted by Crippen LogP contribution is 2.27. The van der Waals surface area contributed by atoms with Gasteiger partial charge in [0.25, 0.3) is 0 Å². The molecule has 2 heterocycles. The van der Waals surface area contributed by atoms with E-state index in [1.165, 1.54) is 10.6 Å². The van der Waals surface area contributed by atoms with Crippen molar-refractivity contribution in [2.45, 2.75) is 46.1 Å². The minimum Gasteiger partial charge on any atom is -0.342 e. The molecule has 1 aliphatic rings. The molecule has 2 aromatic rings. The maximum atomic E-state index is 13.0. The summed E-state index contributed by atoms with van der Waals surface area (Å²) in [5.74, 6) is 0.0220. The molecule has 3 rings (SSSR count). The molecule has 0 aliphatic carbocycles. The number of nitrogens with zero attached hydrogens (tertiary/aromatic N) is 4. The van der Waals surface area contributed by atoms with Crippen molar-refractivity contribution in [1.29, 1.82) is 0 Å². The van der Waals surface area contributed by atoms with Gasteiger partial charge in [-0.3, -0.25) is 4.79 Å². The van der Waals surface area contributed by atoms with Crippen molar-refractivity contribution < 1.29 is 13.2 Å². The minimum atomic E-state index is -3.24. The monoisotopic (exact) mass is 486 g/mol. The zero-order valence-electron chi connectivity index (χ0n) is 18.2. The number of aryl methyl sites for hydroxylation is 1. The smallest absolute Gasteiger partial charge is 0.227 e. The molecule has 0 spiro atoms. The molecule has 10 heteroatoms. The Morgan fingerprint density at radius 3 is 2.42 bits per heavy atom. The van der Waals surface area contributed by atoms with Crippen LogP contribution in [0.4, 0.5) is 0 Å². The highest BCUT2D eigenvalue weighted by atomic mass is 35.5. The molecular weight excluding hydrogens is 459 g/mol. The number of amides is 1. The molecule has 1 saturated heterocycles. The van der Waals surface area contributed by atoms with E-state index in [0.29, 0.717) is 48.2 Å². The highest BCUT2D eigenvalue weighted by molar-refractivity contribution is 7.88. The fourth-order valence-electron chi connectivity index (χ4n) is 4.25. The first kappa shape index (κ1) is 24.0. The molecule has 7 nitrogen and oxygen atoms in total. The molecule has 31 heavy (non-hydrogen) atoms. The summed E-state index contributed by atoms with van der Waals surface area (Å²) in [6.07, 6.45) is 2.77. The lowest BCUT2D eigenvalue weighted by Gasteiger charge is -2.37. The van der Waals surface area contributed by atoms with Crippen molar-refractivity contribution in [3.05, 3.63) is 45.2 Å². The molecule has 1 fully saturated rings. The number of rotatable bonds is 6. The molecule has 0 bridgehead atoms. The summed E-state index contributed by atoms with van der Waals surface area (Å²) in [5.41, 5.74) is 3.23. The van der Waals surface area contributed by atoms with Gasteiger partial charge in [-0.05, 0) is 44.9 Å². The Morgan fingerprint density at radius 2 is 1.87 bits per heavy atom. The van der Waals surface area contributed by atoms with Gasteiger partial charge in [-0.1, -0.05) is 30.1 Å². The van der Waals surface area contributed by atoms with E-state index in [1.54, 1.807) is 16.8 Å². The number of sulfonamides is 1. The maximum absolute atomic E-state index is 13.0. The standard InChI is InChI=1S/C21H28Cl2N4O3S/c1-5-26(31(4,29)30)17-8-10-25(11-9-17)21(28)13-18-14(2)24-27(15(18)3)20-7-6-16(22)12-19(20)23/h6-7,12,17H,5,8-11,13H2,1-4H3. The van der Waals surface area contributed by atoms with Crippen LogP contribution < -0.4 is 0 Å². The highest BCUT2D eigenvalue weighted by Gasteiger charge is 2.31. The lowest BCUT2D eigenvalue weighted by molar-refractivity contribution is -0.131. The third kappa shape index (κ3) is 5.25. The Bertz CT molecular complexity index is 1080. The van der Waals surface area contributed by atoms with Crippen LogP contribution in [-0.2, 0) is 21.2 Å². The number of carbonyl (C=O) groups excluding carboxylic acids is 1. The van der Waals surface area contributed by atoms with Gasteiger partial charge < -0.3 is 4.90 Å². The van der Waals surface area contributed by atoms with E-state index < -0.39 is 10.0 Å². The molecule has 170 valence electrons. The Morgan fingerprint density at radius 1 is 1.23 bits per heavy atom. The summed E-state index contributed by atoms with van der Waals surface area (Å²) in [7, 11) is -3.24. The normalized spacial score (nSPS) is 15.6. The maximum Gasteiger partial charge on any atom is 0.227 e. The van der Waals surface area contributed by atoms with Gasteiger partial charge in [0.2, 0.25) is 15.9 Å². The average Bonchev–Trinajstić information content (AvgIpc) is 2.96. The SMILES string of the molecule is CCN(C1CCN(C(=O)Cc2c(C)nn(-c3ccc(Cl)cc3Cl)c2C)CC1)S(C)(=O)=O. The van der Waals surface area contributed by atoms with Crippen LogP contribution in [0.3, 0.4) is 0 Å². The molecule has 0 N–H and O–H groups in total. The predicted octanol–water partition coefficient (Wildman–Crippen LogP) is 3.61. The predicted molar refractivity (Wildman–Crippen MR) is 124 cm³/mol. The molecule has 0 radical (unpaired) electrons. The fourth-order valence-corrected chi connectivity index (χ4v) is 5.96. The molecule has 1 aromatic heterocycles. The van der Waals surface area contributed by atoms with Crippen molar-refractivity contribution in [2.75, 3.05) is 25.9 Å². The number of benzene rings is 1. The second-order valence-corrected chi connectivity index (χ2v) is 10.7. The van der Waals surface area contributed by atoms with Crippen LogP contribution in [0.15, 0.2) is 18.2 Å². The Labute approximate surface area is 194 Å². The topological polar surface area (TPSA) is 75.5 Å². The zero-order valence-corrected chi connectivity index (χ0v) is 20.6. The van der Waals surface area contributed by atoms with Gasteiger partial charge in [-0.25, -0.2) is 13.1 Å². The Hall–Kier alpha value is -1.61. The quantitative estimate of drug-likeness (QED) is 0.624. The number of hydrogen-bond donors (Lipinski definition) is 0. The summed E-state index contributed by atoms with van der Waals surface area (Å²) in [6, 6.07) is 5.17. The van der Waals surface area contributed by atoms with E-state index >= 15 is 0 Å². The van der Waals surface area contributed by atoms with Gasteiger partial charge >= 0.3 is 0 Å². The molecule has 0 saturated carbocycles. The van der Waals surface area contributed by atoms with Gasteiger partial charge in [-0.2, -0.15) is 9.40 Å². The Balaban J connectivity index is 1.71. The first-order valence-corrected chi connectivity index (χ1v) is 12.9. The van der Waals surface area contributed by atoms with E-state index in [-0.39, 0.29) is 18.4 Å². The third-order valence-electron chi connectivity index (χ3n) is 5.87. The summed E-state index contributed by atoms with van der Waals surface area (Å²) in [6.45, 7) is 7.19. The molecular formula is C21H28Cl2N4O3S. The van der Waals surface area contributed by atoms with Crippen molar-refractivity contribution in [3.8, 4) is 5.69 Å². The van der Waals surface area contributed by atoms with Crippen LogP contribution in [-0.4, -0.2) is 65.2 Å². The number of piperidine rings is 1. The zero-order chi connectivity index (χ0) is 22.9. The molecule has 1 amide bonds. The number of hydrogen-bond acceptors (Lipinski definition) is 4. The first-order chi connectivity index (χ1) is 14.5. The van der Waals surface area contributed by atoms with E-state index in [0.717, 1.165) is 17.0 Å². The van der Waals surface area contributed by atoms with Crippen LogP contribution in [0.25, 0.3) is 5.69 Å². The third-order valence-corrected chi connectivity index (χ3v) is 7.82. The van der Waals surface area contributed by atoms with Gasteiger partial charge in [0.1, 0.15) is 0 Å². The second kappa shape index (κ2) is 9.48. The first-order valence-electron chi connectivity index (χ1n) is 10.3. The van der Waals surface area contributed by atoms with Gasteiger partial charge in [0.15, 0.2) is 0 Å². The molecule has 0 atom stereocenters. The van der Waals surface area contributed by atoms with Crippen LogP contribution in [0, 0.1) is 13.8 Å². The van der Waals surface area contributed by atoms with Gasteiger partial charge in [0, 0.05) is 42.0 Å². The number of aromatic nitrogens is 2. The fraction of sp³-hybridized carbons (Fsp3) is 0.524. The number of carbonyl (C=O) groups is 1. The lowest BCUT2D eigenvalue weighted by atomic mass is 10.0. The van der Waals surface area contributed by atoms with E-state index in [1.807, 2.05) is 31.7 Å². The summed E-state index contributed by atoms with van der Waals surface area (Å²) < 4.78 is 27.2. The van der Waals surface area contributed by atoms with Crippen molar-refractivity contribution in [1.82, 2.24) is 19.0 Å². The van der Waals surface area contributed by atoms with E-state index in [9.17, 15) is 13.2 Å². The van der Waals surface area contributed by atoms with Crippen molar-refractivity contribution >= 4 is 39.1 Å². The van der Waals surface area contributed by atoms with Crippen molar-refractivity contribution in [2.24, 2.45) is 0 Å². The van der Waals surface area contributed by atoms with Crippen LogP contribution in [0.2, 0.25) is 10.0 Å². The summed E-state index contributed by atoms with van der Waals surface area (Å²) in [5, 5.41) is 5.63. The van der Waals surface area contributed by atoms with Crippen LogP contribution in [0.5, 0.6) is 0 Å². The largest absolute Gasteiger partial charge is 0.342 e. The van der Waals surface area contributed by atoms with E-state index in [4.69, 9.17) is 23.2 Å². The molecule has 0 unspecified atom stereocenters. The van der Waals surface area contributed by atoms with Crippen LogP contribution >= 0.6 is 23.2 Å². The minimum absolute atomic E-state index is 0.0220. The Kier molecular flexibility index (Phi) is 7.35. The van der Waals surface area contributed by atoms with Gasteiger partial charge in [-0.15, -0.1) is 0 Å². The second-order valence-electron chi connectivity index (χ2n) is 7.91.